The summed E-state index contributed by atoms with van der Waals surface area (Å²) in [5.41, 5.74) is 1.12. The van der Waals surface area contributed by atoms with Gasteiger partial charge >= 0.3 is 0 Å². The van der Waals surface area contributed by atoms with Crippen LogP contribution in [0, 0.1) is 11.3 Å². The summed E-state index contributed by atoms with van der Waals surface area (Å²) < 4.78 is 0. The first-order valence-corrected chi connectivity index (χ1v) is 4.23. The summed E-state index contributed by atoms with van der Waals surface area (Å²) in [6, 6.07) is 6.09. The van der Waals surface area contributed by atoms with Gasteiger partial charge in [0.15, 0.2) is 0 Å². The number of pyridine rings is 1. The Hall–Kier alpha value is -1.56. The van der Waals surface area contributed by atoms with Gasteiger partial charge in [-0.15, -0.1) is 0 Å². The first kappa shape index (κ1) is 9.53. The third-order valence-corrected chi connectivity index (χ3v) is 1.79. The van der Waals surface area contributed by atoms with E-state index >= 15 is 0 Å². The highest BCUT2D eigenvalue weighted by molar-refractivity contribution is 5.37. The van der Waals surface area contributed by atoms with Crippen LogP contribution in [0.4, 0.5) is 5.82 Å². The van der Waals surface area contributed by atoms with Crippen LogP contribution in [0.15, 0.2) is 18.3 Å². The molecular weight excluding hydrogens is 162 g/mol. The molecule has 0 spiro atoms. The third-order valence-electron chi connectivity index (χ3n) is 1.79. The zero-order chi connectivity index (χ0) is 9.68. The molecule has 3 heteroatoms. The van der Waals surface area contributed by atoms with E-state index < -0.39 is 0 Å². The van der Waals surface area contributed by atoms with Crippen LogP contribution in [0.1, 0.15) is 12.0 Å². The van der Waals surface area contributed by atoms with Gasteiger partial charge in [0.2, 0.25) is 0 Å². The average Bonchev–Trinajstić information content (AvgIpc) is 2.15. The number of nitrogens with zero attached hydrogens (tertiary/aromatic N) is 3. The lowest BCUT2D eigenvalue weighted by atomic mass is 10.2. The van der Waals surface area contributed by atoms with E-state index in [4.69, 9.17) is 5.26 Å². The monoisotopic (exact) mass is 175 g/mol. The molecule has 1 heterocycles. The van der Waals surface area contributed by atoms with E-state index in [9.17, 15) is 0 Å². The lowest BCUT2D eigenvalue weighted by molar-refractivity contribution is 0.983. The predicted molar refractivity (Wildman–Crippen MR) is 52.5 cm³/mol. The lowest BCUT2D eigenvalue weighted by Crippen LogP contribution is -2.10. The lowest BCUT2D eigenvalue weighted by Gasteiger charge is -2.10. The molecule has 0 aromatic carbocycles. The zero-order valence-electron chi connectivity index (χ0n) is 7.99. The smallest absolute Gasteiger partial charge is 0.127 e. The molecule has 13 heavy (non-hydrogen) atoms. The van der Waals surface area contributed by atoms with Gasteiger partial charge in [-0.05, 0) is 18.1 Å². The number of aryl methyl sites for hydroxylation is 1. The second kappa shape index (κ2) is 4.46. The maximum absolute atomic E-state index is 8.39. The van der Waals surface area contributed by atoms with Crippen LogP contribution >= 0.6 is 0 Å². The van der Waals surface area contributed by atoms with Crippen molar-refractivity contribution in [3.05, 3.63) is 23.9 Å². The Morgan fingerprint density at radius 2 is 2.23 bits per heavy atom. The second-order valence-electron chi connectivity index (χ2n) is 3.08. The number of anilines is 1. The van der Waals surface area contributed by atoms with Crippen LogP contribution < -0.4 is 4.90 Å². The van der Waals surface area contributed by atoms with Gasteiger partial charge in [0.1, 0.15) is 5.82 Å². The Morgan fingerprint density at radius 3 is 2.69 bits per heavy atom. The SMILES string of the molecule is CN(C)c1ccc(CCC#N)cn1. The van der Waals surface area contributed by atoms with Gasteiger partial charge in [0.25, 0.3) is 0 Å². The topological polar surface area (TPSA) is 39.9 Å². The minimum atomic E-state index is 0.559. The fourth-order valence-electron chi connectivity index (χ4n) is 1.03. The van der Waals surface area contributed by atoms with Gasteiger partial charge in [0, 0.05) is 26.7 Å². The van der Waals surface area contributed by atoms with Crippen LogP contribution in [-0.2, 0) is 6.42 Å². The van der Waals surface area contributed by atoms with Crippen molar-refractivity contribution in [2.45, 2.75) is 12.8 Å². The first-order chi connectivity index (χ1) is 6.24. The molecule has 1 aromatic rings. The molecule has 0 fully saturated rings. The highest BCUT2D eigenvalue weighted by Gasteiger charge is 1.96. The fraction of sp³-hybridized carbons (Fsp3) is 0.400. The predicted octanol–water partition coefficient (Wildman–Crippen LogP) is 1.60. The molecule has 1 rings (SSSR count). The average molecular weight is 175 g/mol. The molecule has 0 atom stereocenters. The molecule has 0 N–H and O–H groups in total. The molecule has 0 saturated heterocycles. The number of nitriles is 1. The Kier molecular flexibility index (Phi) is 3.27. The fourth-order valence-corrected chi connectivity index (χ4v) is 1.03. The van der Waals surface area contributed by atoms with Crippen LogP contribution in [0.2, 0.25) is 0 Å². The van der Waals surface area contributed by atoms with Crippen molar-refractivity contribution < 1.29 is 0 Å². The molecule has 0 aliphatic carbocycles. The van der Waals surface area contributed by atoms with Gasteiger partial charge in [0.05, 0.1) is 6.07 Å². The molecule has 0 amide bonds. The van der Waals surface area contributed by atoms with Crippen molar-refractivity contribution in [2.75, 3.05) is 19.0 Å². The molecule has 0 unspecified atom stereocenters. The zero-order valence-corrected chi connectivity index (χ0v) is 7.99. The first-order valence-electron chi connectivity index (χ1n) is 4.23. The minimum Gasteiger partial charge on any atom is -0.363 e. The summed E-state index contributed by atoms with van der Waals surface area (Å²) in [5.74, 6) is 0.945. The van der Waals surface area contributed by atoms with Crippen molar-refractivity contribution in [3.63, 3.8) is 0 Å². The van der Waals surface area contributed by atoms with Crippen molar-refractivity contribution in [3.8, 4) is 6.07 Å². The molecule has 0 radical (unpaired) electrons. The summed E-state index contributed by atoms with van der Waals surface area (Å²) in [7, 11) is 3.91. The van der Waals surface area contributed by atoms with E-state index in [1.54, 1.807) is 0 Å². The molecule has 1 aromatic heterocycles. The Balaban J connectivity index is 2.65. The molecule has 0 aliphatic heterocycles. The van der Waals surface area contributed by atoms with E-state index in [0.717, 1.165) is 17.8 Å². The van der Waals surface area contributed by atoms with E-state index in [0.29, 0.717) is 6.42 Å². The van der Waals surface area contributed by atoms with Crippen LogP contribution in [0.3, 0.4) is 0 Å². The van der Waals surface area contributed by atoms with Crippen molar-refractivity contribution in [2.24, 2.45) is 0 Å². The quantitative estimate of drug-likeness (QED) is 0.700. The number of hydrogen-bond donors (Lipinski definition) is 0. The van der Waals surface area contributed by atoms with Gasteiger partial charge in [-0.2, -0.15) is 5.26 Å². The van der Waals surface area contributed by atoms with E-state index in [1.807, 2.05) is 37.3 Å². The van der Waals surface area contributed by atoms with Gasteiger partial charge in [-0.1, -0.05) is 6.07 Å². The number of rotatable bonds is 3. The van der Waals surface area contributed by atoms with Crippen molar-refractivity contribution >= 4 is 5.82 Å². The number of aromatic nitrogens is 1. The Bertz CT molecular complexity index is 295. The standard InChI is InChI=1S/C10H13N3/c1-13(2)10-6-5-9(8-12-10)4-3-7-11/h5-6,8H,3-4H2,1-2H3. The molecule has 3 nitrogen and oxygen atoms in total. The summed E-state index contributed by atoms with van der Waals surface area (Å²) >= 11 is 0. The Morgan fingerprint density at radius 1 is 1.46 bits per heavy atom. The molecular formula is C10H13N3. The summed E-state index contributed by atoms with van der Waals surface area (Å²) in [6.45, 7) is 0. The van der Waals surface area contributed by atoms with E-state index in [1.165, 1.54) is 0 Å². The Labute approximate surface area is 78.6 Å². The van der Waals surface area contributed by atoms with Gasteiger partial charge in [-0.3, -0.25) is 0 Å². The third kappa shape index (κ3) is 2.75. The molecule has 0 aliphatic rings. The molecule has 0 saturated carbocycles. The summed E-state index contributed by atoms with van der Waals surface area (Å²) in [6.07, 6.45) is 3.17. The largest absolute Gasteiger partial charge is 0.363 e. The van der Waals surface area contributed by atoms with Crippen molar-refractivity contribution in [1.29, 1.82) is 5.26 Å². The number of hydrogen-bond acceptors (Lipinski definition) is 3. The normalized spacial score (nSPS) is 9.31. The van der Waals surface area contributed by atoms with E-state index in [2.05, 4.69) is 11.1 Å². The molecule has 0 bridgehead atoms. The summed E-state index contributed by atoms with van der Waals surface area (Å²) in [5, 5.41) is 8.39. The molecule has 68 valence electrons. The minimum absolute atomic E-state index is 0.559. The van der Waals surface area contributed by atoms with Crippen LogP contribution in [0.25, 0.3) is 0 Å². The maximum atomic E-state index is 8.39. The van der Waals surface area contributed by atoms with Crippen molar-refractivity contribution in [1.82, 2.24) is 4.98 Å². The van der Waals surface area contributed by atoms with Gasteiger partial charge < -0.3 is 4.90 Å². The van der Waals surface area contributed by atoms with Crippen LogP contribution in [0.5, 0.6) is 0 Å². The summed E-state index contributed by atoms with van der Waals surface area (Å²) in [4.78, 5) is 6.20. The highest BCUT2D eigenvalue weighted by Crippen LogP contribution is 2.08. The maximum Gasteiger partial charge on any atom is 0.127 e. The van der Waals surface area contributed by atoms with Crippen LogP contribution in [-0.4, -0.2) is 19.1 Å². The van der Waals surface area contributed by atoms with Gasteiger partial charge in [-0.25, -0.2) is 4.98 Å². The van der Waals surface area contributed by atoms with E-state index in [-0.39, 0.29) is 0 Å². The second-order valence-corrected chi connectivity index (χ2v) is 3.08. The highest BCUT2D eigenvalue weighted by atomic mass is 15.1.